The summed E-state index contributed by atoms with van der Waals surface area (Å²) in [7, 11) is 0. The van der Waals surface area contributed by atoms with Gasteiger partial charge in [0, 0.05) is 21.8 Å². The highest BCUT2D eigenvalue weighted by Crippen LogP contribution is 2.38. The third-order valence-electron chi connectivity index (χ3n) is 6.62. The van der Waals surface area contributed by atoms with E-state index in [9.17, 15) is 0 Å². The van der Waals surface area contributed by atoms with Crippen LogP contribution in [-0.4, -0.2) is 9.55 Å². The van der Waals surface area contributed by atoms with E-state index in [1.54, 1.807) is 0 Å². The molecule has 0 aliphatic rings. The van der Waals surface area contributed by atoms with Gasteiger partial charge in [0.1, 0.15) is 5.82 Å². The summed E-state index contributed by atoms with van der Waals surface area (Å²) in [5.74, 6) is 0.897. The first-order valence-corrected chi connectivity index (χ1v) is 12.0. The number of pyridine rings is 1. The van der Waals surface area contributed by atoms with E-state index in [4.69, 9.17) is 16.6 Å². The number of fused-ring (bicyclic) bond motifs is 6. The van der Waals surface area contributed by atoms with Crippen molar-refractivity contribution in [1.82, 2.24) is 9.55 Å². The maximum Gasteiger partial charge on any atom is 0.138 e. The molecule has 0 saturated carbocycles. The number of halogens is 1. The van der Waals surface area contributed by atoms with Crippen LogP contribution in [-0.2, 0) is 0 Å². The zero-order chi connectivity index (χ0) is 23.4. The molecule has 7 rings (SSSR count). The van der Waals surface area contributed by atoms with Gasteiger partial charge in [-0.15, -0.1) is 0 Å². The minimum absolute atomic E-state index is 0.690. The molecule has 1 N–H and O–H groups in total. The standard InChI is InChI=1S/C31H20ClN3/c32-25-10-4-6-12-27(25)33-22-15-16-24-29(19-22)35(30-18-14-21-8-2-5-11-26(21)34-30)28-17-13-20-7-1-3-9-23(20)31(24)28/h1-19,33H. The molecular weight excluding hydrogens is 450 g/mol. The van der Waals surface area contributed by atoms with Gasteiger partial charge in [0.2, 0.25) is 0 Å². The fourth-order valence-electron chi connectivity index (χ4n) is 5.01. The molecule has 4 heteroatoms. The molecule has 35 heavy (non-hydrogen) atoms. The normalized spacial score (nSPS) is 11.6. The van der Waals surface area contributed by atoms with Gasteiger partial charge in [0.25, 0.3) is 0 Å². The quantitative estimate of drug-likeness (QED) is 0.280. The van der Waals surface area contributed by atoms with E-state index in [0.29, 0.717) is 5.02 Å². The Hall–Kier alpha value is -4.34. The van der Waals surface area contributed by atoms with E-state index in [-0.39, 0.29) is 0 Å². The van der Waals surface area contributed by atoms with Crippen LogP contribution in [0.25, 0.3) is 49.3 Å². The van der Waals surface area contributed by atoms with Crippen molar-refractivity contribution in [3.05, 3.63) is 120 Å². The van der Waals surface area contributed by atoms with Gasteiger partial charge in [-0.2, -0.15) is 0 Å². The maximum atomic E-state index is 6.43. The van der Waals surface area contributed by atoms with Crippen molar-refractivity contribution in [3.63, 3.8) is 0 Å². The molecule has 0 atom stereocenters. The largest absolute Gasteiger partial charge is 0.354 e. The predicted molar refractivity (Wildman–Crippen MR) is 148 cm³/mol. The molecule has 7 aromatic rings. The van der Waals surface area contributed by atoms with E-state index in [2.05, 4.69) is 88.7 Å². The van der Waals surface area contributed by atoms with Crippen molar-refractivity contribution < 1.29 is 0 Å². The molecule has 0 aliphatic carbocycles. The number of nitrogens with one attached hydrogen (secondary N) is 1. The Bertz CT molecular complexity index is 1900. The number of para-hydroxylation sites is 2. The van der Waals surface area contributed by atoms with Gasteiger partial charge in [0.15, 0.2) is 0 Å². The first-order chi connectivity index (χ1) is 17.3. The first kappa shape index (κ1) is 20.1. The lowest BCUT2D eigenvalue weighted by Crippen LogP contribution is -1.98. The number of benzene rings is 5. The summed E-state index contributed by atoms with van der Waals surface area (Å²) in [5, 5.41) is 10.2. The molecular formula is C31H20ClN3. The fraction of sp³-hybridized carbons (Fsp3) is 0. The van der Waals surface area contributed by atoms with Gasteiger partial charge >= 0.3 is 0 Å². The Kier molecular flexibility index (Phi) is 4.51. The number of nitrogens with zero attached hydrogens (tertiary/aromatic N) is 2. The lowest BCUT2D eigenvalue weighted by atomic mass is 10.0. The van der Waals surface area contributed by atoms with Crippen molar-refractivity contribution in [1.29, 1.82) is 0 Å². The summed E-state index contributed by atoms with van der Waals surface area (Å²) < 4.78 is 2.27. The van der Waals surface area contributed by atoms with Crippen LogP contribution in [0.4, 0.5) is 11.4 Å². The van der Waals surface area contributed by atoms with Gasteiger partial charge in [-0.1, -0.05) is 78.3 Å². The molecule has 0 fully saturated rings. The average molecular weight is 470 g/mol. The Balaban J connectivity index is 1.54. The molecule has 0 spiro atoms. The van der Waals surface area contributed by atoms with Gasteiger partial charge in [-0.3, -0.25) is 4.57 Å². The molecule has 0 amide bonds. The van der Waals surface area contributed by atoms with Gasteiger partial charge < -0.3 is 5.32 Å². The number of aromatic nitrogens is 2. The third kappa shape index (κ3) is 3.24. The monoisotopic (exact) mass is 469 g/mol. The highest BCUT2D eigenvalue weighted by atomic mass is 35.5. The van der Waals surface area contributed by atoms with Crippen LogP contribution in [0, 0.1) is 0 Å². The average Bonchev–Trinajstić information content (AvgIpc) is 3.24. The van der Waals surface area contributed by atoms with Crippen LogP contribution in [0.2, 0.25) is 5.02 Å². The molecule has 0 aliphatic heterocycles. The van der Waals surface area contributed by atoms with Crippen LogP contribution in [0.15, 0.2) is 115 Å². The Morgan fingerprint density at radius 2 is 1.40 bits per heavy atom. The topological polar surface area (TPSA) is 29.9 Å². The molecule has 0 saturated heterocycles. The van der Waals surface area contributed by atoms with E-state index in [0.717, 1.165) is 39.1 Å². The van der Waals surface area contributed by atoms with Crippen molar-refractivity contribution in [2.45, 2.75) is 0 Å². The highest BCUT2D eigenvalue weighted by Gasteiger charge is 2.16. The third-order valence-corrected chi connectivity index (χ3v) is 6.95. The van der Waals surface area contributed by atoms with Crippen LogP contribution in [0.3, 0.4) is 0 Å². The Labute approximate surface area is 207 Å². The van der Waals surface area contributed by atoms with Crippen LogP contribution in [0.1, 0.15) is 0 Å². The highest BCUT2D eigenvalue weighted by molar-refractivity contribution is 6.33. The first-order valence-electron chi connectivity index (χ1n) is 11.6. The zero-order valence-electron chi connectivity index (χ0n) is 18.7. The molecule has 0 bridgehead atoms. The molecule has 0 unspecified atom stereocenters. The summed E-state index contributed by atoms with van der Waals surface area (Å²) >= 11 is 6.43. The summed E-state index contributed by atoms with van der Waals surface area (Å²) in [5.41, 5.74) is 5.06. The molecule has 166 valence electrons. The number of hydrogen-bond acceptors (Lipinski definition) is 2. The Morgan fingerprint density at radius 3 is 2.31 bits per heavy atom. The zero-order valence-corrected chi connectivity index (χ0v) is 19.5. The molecule has 2 heterocycles. The van der Waals surface area contributed by atoms with Gasteiger partial charge in [-0.05, 0) is 59.3 Å². The summed E-state index contributed by atoms with van der Waals surface area (Å²) in [6.07, 6.45) is 0. The molecule has 2 aromatic heterocycles. The van der Waals surface area contributed by atoms with Crippen LogP contribution >= 0.6 is 11.6 Å². The number of anilines is 2. The van der Waals surface area contributed by atoms with Crippen LogP contribution in [0.5, 0.6) is 0 Å². The second-order valence-electron chi connectivity index (χ2n) is 8.72. The van der Waals surface area contributed by atoms with Crippen LogP contribution < -0.4 is 5.32 Å². The van der Waals surface area contributed by atoms with E-state index < -0.39 is 0 Å². The minimum Gasteiger partial charge on any atom is -0.354 e. The van der Waals surface area contributed by atoms with E-state index in [1.165, 1.54) is 21.5 Å². The smallest absolute Gasteiger partial charge is 0.138 e. The van der Waals surface area contributed by atoms with Crippen molar-refractivity contribution >= 4 is 66.5 Å². The summed E-state index contributed by atoms with van der Waals surface area (Å²) in [6, 6.07) is 39.7. The summed E-state index contributed by atoms with van der Waals surface area (Å²) in [6.45, 7) is 0. The molecule has 5 aromatic carbocycles. The van der Waals surface area contributed by atoms with Gasteiger partial charge in [0.05, 0.1) is 27.3 Å². The second-order valence-corrected chi connectivity index (χ2v) is 9.12. The number of hydrogen-bond donors (Lipinski definition) is 1. The van der Waals surface area contributed by atoms with Crippen molar-refractivity contribution in [2.75, 3.05) is 5.32 Å². The molecule has 0 radical (unpaired) electrons. The van der Waals surface area contributed by atoms with E-state index >= 15 is 0 Å². The Morgan fingerprint density at radius 1 is 0.629 bits per heavy atom. The van der Waals surface area contributed by atoms with Crippen molar-refractivity contribution in [2.24, 2.45) is 0 Å². The lowest BCUT2D eigenvalue weighted by molar-refractivity contribution is 1.10. The fourth-order valence-corrected chi connectivity index (χ4v) is 5.19. The number of rotatable bonds is 3. The SMILES string of the molecule is Clc1ccccc1Nc1ccc2c3c4ccccc4ccc3n(-c3ccc4ccccc4n3)c2c1. The molecule has 3 nitrogen and oxygen atoms in total. The lowest BCUT2D eigenvalue weighted by Gasteiger charge is -2.11. The maximum absolute atomic E-state index is 6.43. The minimum atomic E-state index is 0.690. The second kappa shape index (κ2) is 7.86. The van der Waals surface area contributed by atoms with Gasteiger partial charge in [-0.25, -0.2) is 4.98 Å². The summed E-state index contributed by atoms with van der Waals surface area (Å²) in [4.78, 5) is 5.05. The van der Waals surface area contributed by atoms with E-state index in [1.807, 2.05) is 36.4 Å². The van der Waals surface area contributed by atoms with Crippen molar-refractivity contribution in [3.8, 4) is 5.82 Å². The predicted octanol–water partition coefficient (Wildman–Crippen LogP) is 8.88.